The average molecular weight is 316 g/mol. The zero-order valence-corrected chi connectivity index (χ0v) is 15.0. The van der Waals surface area contributed by atoms with Crippen LogP contribution in [0.3, 0.4) is 0 Å². The third-order valence-corrected chi connectivity index (χ3v) is 4.36. The Kier molecular flexibility index (Phi) is 4.43. The molecule has 0 unspecified atom stereocenters. The molecule has 0 spiro atoms. The van der Waals surface area contributed by atoms with Crippen LogP contribution in [0.2, 0.25) is 0 Å². The topological polar surface area (TPSA) is 23.6 Å². The molecule has 1 aromatic carbocycles. The fourth-order valence-corrected chi connectivity index (χ4v) is 2.86. The highest BCUT2D eigenvalue weighted by molar-refractivity contribution is 7.80. The molecule has 0 N–H and O–H groups in total. The van der Waals surface area contributed by atoms with Crippen molar-refractivity contribution in [1.82, 2.24) is 9.80 Å². The van der Waals surface area contributed by atoms with E-state index in [-0.39, 0.29) is 17.4 Å². The Bertz CT molecular complexity index is 623. The lowest BCUT2D eigenvalue weighted by Crippen LogP contribution is -2.36. The standard InChI is InChI=1S/C18H24N2OS/c1-12(2)20-16(21)15(19(6)17(20)22)11-13-7-9-14(10-8-13)18(3,4)5/h7-12H,1-6H3/b15-11-. The summed E-state index contributed by atoms with van der Waals surface area (Å²) in [5, 5.41) is 0.567. The summed E-state index contributed by atoms with van der Waals surface area (Å²) in [5.41, 5.74) is 3.04. The molecular weight excluding hydrogens is 292 g/mol. The van der Waals surface area contributed by atoms with Crippen LogP contribution in [0.5, 0.6) is 0 Å². The van der Waals surface area contributed by atoms with Crippen LogP contribution in [0.1, 0.15) is 45.7 Å². The summed E-state index contributed by atoms with van der Waals surface area (Å²) < 4.78 is 0. The minimum Gasteiger partial charge on any atom is -0.317 e. The van der Waals surface area contributed by atoms with Crippen molar-refractivity contribution in [3.05, 3.63) is 41.1 Å². The molecule has 1 saturated heterocycles. The van der Waals surface area contributed by atoms with E-state index in [1.165, 1.54) is 5.56 Å². The van der Waals surface area contributed by atoms with Crippen molar-refractivity contribution in [2.45, 2.75) is 46.1 Å². The van der Waals surface area contributed by atoms with E-state index in [0.29, 0.717) is 10.8 Å². The number of likely N-dealkylation sites (N-methyl/N-ethyl adjacent to an activating group) is 1. The first-order valence-corrected chi connectivity index (χ1v) is 7.97. The van der Waals surface area contributed by atoms with Gasteiger partial charge in [0.05, 0.1) is 0 Å². The summed E-state index contributed by atoms with van der Waals surface area (Å²) >= 11 is 5.37. The van der Waals surface area contributed by atoms with Crippen LogP contribution in [0.4, 0.5) is 0 Å². The van der Waals surface area contributed by atoms with E-state index in [1.807, 2.05) is 27.0 Å². The van der Waals surface area contributed by atoms with E-state index < -0.39 is 0 Å². The lowest BCUT2D eigenvalue weighted by Gasteiger charge is -2.19. The molecule has 0 atom stereocenters. The maximum absolute atomic E-state index is 12.5. The van der Waals surface area contributed by atoms with Crippen molar-refractivity contribution in [2.75, 3.05) is 7.05 Å². The summed E-state index contributed by atoms with van der Waals surface area (Å²) in [6.45, 7) is 10.5. The van der Waals surface area contributed by atoms with Gasteiger partial charge < -0.3 is 4.90 Å². The second kappa shape index (κ2) is 5.84. The van der Waals surface area contributed by atoms with E-state index in [1.54, 1.807) is 9.80 Å². The molecule has 0 bridgehead atoms. The van der Waals surface area contributed by atoms with Crippen molar-refractivity contribution < 1.29 is 4.79 Å². The monoisotopic (exact) mass is 316 g/mol. The highest BCUT2D eigenvalue weighted by Gasteiger charge is 2.37. The van der Waals surface area contributed by atoms with E-state index in [4.69, 9.17) is 12.2 Å². The molecule has 1 amide bonds. The lowest BCUT2D eigenvalue weighted by molar-refractivity contribution is -0.123. The fourth-order valence-electron chi connectivity index (χ4n) is 2.47. The number of rotatable bonds is 2. The van der Waals surface area contributed by atoms with Gasteiger partial charge in [0.1, 0.15) is 5.70 Å². The summed E-state index contributed by atoms with van der Waals surface area (Å²) in [6.07, 6.45) is 1.91. The Balaban J connectivity index is 2.33. The van der Waals surface area contributed by atoms with Crippen LogP contribution in [-0.4, -0.2) is 33.9 Å². The number of hydrogen-bond acceptors (Lipinski definition) is 2. The Labute approximate surface area is 138 Å². The minimum absolute atomic E-state index is 0.0256. The molecule has 1 fully saturated rings. The maximum Gasteiger partial charge on any atom is 0.276 e. The number of carbonyl (C=O) groups is 1. The van der Waals surface area contributed by atoms with Gasteiger partial charge in [-0.25, -0.2) is 0 Å². The second-order valence-electron chi connectivity index (χ2n) is 7.01. The first-order chi connectivity index (χ1) is 10.1. The third-order valence-electron chi connectivity index (χ3n) is 3.89. The lowest BCUT2D eigenvalue weighted by atomic mass is 9.87. The number of thiocarbonyl (C=S) groups is 1. The third kappa shape index (κ3) is 3.07. The maximum atomic E-state index is 12.5. The SMILES string of the molecule is CC(C)N1C(=O)/C(=C/c2ccc(C(C)(C)C)cc2)N(C)C1=S. The normalized spacial score (nSPS) is 18.0. The second-order valence-corrected chi connectivity index (χ2v) is 7.38. The van der Waals surface area contributed by atoms with Gasteiger partial charge in [-0.3, -0.25) is 9.69 Å². The van der Waals surface area contributed by atoms with Gasteiger partial charge in [0.2, 0.25) is 0 Å². The van der Waals surface area contributed by atoms with E-state index in [9.17, 15) is 4.79 Å². The molecular formula is C18H24N2OS. The summed E-state index contributed by atoms with van der Waals surface area (Å²) in [4.78, 5) is 16.0. The predicted octanol–water partition coefficient (Wildman–Crippen LogP) is 3.79. The van der Waals surface area contributed by atoms with Crippen molar-refractivity contribution >= 4 is 29.3 Å². The van der Waals surface area contributed by atoms with Gasteiger partial charge in [-0.15, -0.1) is 0 Å². The van der Waals surface area contributed by atoms with Crippen LogP contribution >= 0.6 is 12.2 Å². The number of carbonyl (C=O) groups excluding carboxylic acids is 1. The molecule has 22 heavy (non-hydrogen) atoms. The van der Waals surface area contributed by atoms with Crippen LogP contribution < -0.4 is 0 Å². The Morgan fingerprint density at radius 3 is 2.09 bits per heavy atom. The van der Waals surface area contributed by atoms with Gasteiger partial charge in [0, 0.05) is 13.1 Å². The highest BCUT2D eigenvalue weighted by atomic mass is 32.1. The number of benzene rings is 1. The zero-order chi connectivity index (χ0) is 16.7. The molecule has 0 aromatic heterocycles. The molecule has 3 nitrogen and oxygen atoms in total. The number of nitrogens with zero attached hydrogens (tertiary/aromatic N) is 2. The van der Waals surface area contributed by atoms with Gasteiger partial charge in [0.25, 0.3) is 5.91 Å². The summed E-state index contributed by atoms with van der Waals surface area (Å²) in [5.74, 6) is -0.0256. The van der Waals surface area contributed by atoms with E-state index in [2.05, 4.69) is 45.0 Å². The van der Waals surface area contributed by atoms with Crippen LogP contribution in [0.25, 0.3) is 6.08 Å². The summed E-state index contributed by atoms with van der Waals surface area (Å²) in [7, 11) is 1.85. The number of hydrogen-bond donors (Lipinski definition) is 0. The average Bonchev–Trinajstić information content (AvgIpc) is 2.62. The molecule has 1 aliphatic rings. The Hall–Kier alpha value is -1.68. The largest absolute Gasteiger partial charge is 0.317 e. The predicted molar refractivity (Wildman–Crippen MR) is 95.5 cm³/mol. The smallest absolute Gasteiger partial charge is 0.276 e. The molecule has 0 radical (unpaired) electrons. The molecule has 1 aliphatic heterocycles. The van der Waals surface area contributed by atoms with Crippen molar-refractivity contribution in [2.24, 2.45) is 0 Å². The first-order valence-electron chi connectivity index (χ1n) is 7.56. The van der Waals surface area contributed by atoms with Crippen LogP contribution in [0.15, 0.2) is 30.0 Å². The van der Waals surface area contributed by atoms with Gasteiger partial charge in [0.15, 0.2) is 5.11 Å². The minimum atomic E-state index is -0.0256. The Morgan fingerprint density at radius 2 is 1.68 bits per heavy atom. The molecule has 1 heterocycles. The fraction of sp³-hybridized carbons (Fsp3) is 0.444. The molecule has 0 aliphatic carbocycles. The van der Waals surface area contributed by atoms with Gasteiger partial charge in [-0.1, -0.05) is 45.0 Å². The zero-order valence-electron chi connectivity index (χ0n) is 14.2. The number of amides is 1. The summed E-state index contributed by atoms with van der Waals surface area (Å²) in [6, 6.07) is 8.40. The van der Waals surface area contributed by atoms with Gasteiger partial charge in [-0.05, 0) is 48.7 Å². The van der Waals surface area contributed by atoms with Gasteiger partial charge >= 0.3 is 0 Å². The van der Waals surface area contributed by atoms with E-state index >= 15 is 0 Å². The molecule has 118 valence electrons. The van der Waals surface area contributed by atoms with Crippen molar-refractivity contribution in [1.29, 1.82) is 0 Å². The quantitative estimate of drug-likeness (QED) is 0.612. The van der Waals surface area contributed by atoms with Crippen molar-refractivity contribution in [3.8, 4) is 0 Å². The van der Waals surface area contributed by atoms with Crippen LogP contribution in [0, 0.1) is 0 Å². The molecule has 2 rings (SSSR count). The molecule has 1 aromatic rings. The van der Waals surface area contributed by atoms with Gasteiger partial charge in [-0.2, -0.15) is 0 Å². The Morgan fingerprint density at radius 1 is 1.14 bits per heavy atom. The van der Waals surface area contributed by atoms with E-state index in [0.717, 1.165) is 5.56 Å². The first kappa shape index (κ1) is 16.7. The molecule has 0 saturated carbocycles. The molecule has 4 heteroatoms. The van der Waals surface area contributed by atoms with Crippen molar-refractivity contribution in [3.63, 3.8) is 0 Å². The highest BCUT2D eigenvalue weighted by Crippen LogP contribution is 2.26. The van der Waals surface area contributed by atoms with Crippen LogP contribution in [-0.2, 0) is 10.2 Å².